The van der Waals surface area contributed by atoms with Crippen molar-refractivity contribution in [3.8, 4) is 5.75 Å². The predicted octanol–water partition coefficient (Wildman–Crippen LogP) is 3.43. The summed E-state index contributed by atoms with van der Waals surface area (Å²) in [4.78, 5) is 0. The summed E-state index contributed by atoms with van der Waals surface area (Å²) in [5, 5.41) is 10.6. The molecule has 2 aromatic carbocycles. The maximum absolute atomic E-state index is 10.6. The van der Waals surface area contributed by atoms with Crippen LogP contribution in [-0.2, 0) is 11.2 Å². The van der Waals surface area contributed by atoms with E-state index in [1.54, 1.807) is 0 Å². The average Bonchev–Trinajstić information content (AvgIpc) is 2.55. The van der Waals surface area contributed by atoms with E-state index in [1.165, 1.54) is 5.56 Å². The molecule has 0 fully saturated rings. The van der Waals surface area contributed by atoms with Crippen molar-refractivity contribution < 1.29 is 14.6 Å². The van der Waals surface area contributed by atoms with Gasteiger partial charge in [0.2, 0.25) is 0 Å². The van der Waals surface area contributed by atoms with Crippen LogP contribution in [0.3, 0.4) is 0 Å². The van der Waals surface area contributed by atoms with Gasteiger partial charge in [0.15, 0.2) is 0 Å². The van der Waals surface area contributed by atoms with Crippen LogP contribution in [-0.4, -0.2) is 18.3 Å². The SMILES string of the molecule is CCOc1ccc(C(O)C2OCCc3ccccc32)cc1. The summed E-state index contributed by atoms with van der Waals surface area (Å²) in [7, 11) is 0. The summed E-state index contributed by atoms with van der Waals surface area (Å²) in [6.07, 6.45) is -0.0575. The maximum atomic E-state index is 10.6. The second-order valence-electron chi connectivity index (χ2n) is 5.19. The molecular weight excluding hydrogens is 264 g/mol. The lowest BCUT2D eigenvalue weighted by molar-refractivity contribution is -0.0483. The summed E-state index contributed by atoms with van der Waals surface area (Å²) < 4.78 is 11.2. The third-order valence-corrected chi connectivity index (χ3v) is 3.85. The van der Waals surface area contributed by atoms with E-state index in [2.05, 4.69) is 6.07 Å². The van der Waals surface area contributed by atoms with Gasteiger partial charge in [0.1, 0.15) is 18.0 Å². The minimum atomic E-state index is -0.665. The lowest BCUT2D eigenvalue weighted by Gasteiger charge is -2.30. The second-order valence-corrected chi connectivity index (χ2v) is 5.19. The van der Waals surface area contributed by atoms with Crippen molar-refractivity contribution in [1.29, 1.82) is 0 Å². The van der Waals surface area contributed by atoms with E-state index in [-0.39, 0.29) is 6.10 Å². The number of ether oxygens (including phenoxy) is 2. The molecule has 2 atom stereocenters. The molecular formula is C18H20O3. The van der Waals surface area contributed by atoms with Gasteiger partial charge in [0.25, 0.3) is 0 Å². The van der Waals surface area contributed by atoms with E-state index in [0.29, 0.717) is 13.2 Å². The Labute approximate surface area is 125 Å². The van der Waals surface area contributed by atoms with Gasteiger partial charge in [-0.2, -0.15) is 0 Å². The number of aliphatic hydroxyl groups excluding tert-OH is 1. The van der Waals surface area contributed by atoms with Crippen molar-refractivity contribution in [1.82, 2.24) is 0 Å². The first-order valence-electron chi connectivity index (χ1n) is 7.40. The number of benzene rings is 2. The number of rotatable bonds is 4. The van der Waals surface area contributed by atoms with Gasteiger partial charge in [-0.1, -0.05) is 36.4 Å². The Balaban J connectivity index is 1.84. The first-order chi connectivity index (χ1) is 10.3. The van der Waals surface area contributed by atoms with Crippen LogP contribution in [0, 0.1) is 0 Å². The van der Waals surface area contributed by atoms with Crippen molar-refractivity contribution in [3.63, 3.8) is 0 Å². The third kappa shape index (κ3) is 2.94. The van der Waals surface area contributed by atoms with Crippen LogP contribution in [0.5, 0.6) is 5.75 Å². The van der Waals surface area contributed by atoms with E-state index in [4.69, 9.17) is 9.47 Å². The maximum Gasteiger partial charge on any atom is 0.119 e. The highest BCUT2D eigenvalue weighted by Gasteiger charge is 2.28. The van der Waals surface area contributed by atoms with E-state index in [0.717, 1.165) is 23.3 Å². The molecule has 1 N–H and O–H groups in total. The molecule has 0 bridgehead atoms. The van der Waals surface area contributed by atoms with Gasteiger partial charge in [-0.3, -0.25) is 0 Å². The quantitative estimate of drug-likeness (QED) is 0.934. The summed E-state index contributed by atoms with van der Waals surface area (Å²) in [5.74, 6) is 0.818. The van der Waals surface area contributed by atoms with Gasteiger partial charge in [0.05, 0.1) is 13.2 Å². The van der Waals surface area contributed by atoms with Crippen LogP contribution >= 0.6 is 0 Å². The fourth-order valence-corrected chi connectivity index (χ4v) is 2.79. The molecule has 0 amide bonds. The normalized spacial score (nSPS) is 18.9. The van der Waals surface area contributed by atoms with Crippen LogP contribution in [0.2, 0.25) is 0 Å². The lowest BCUT2D eigenvalue weighted by atomic mass is 9.91. The molecule has 3 nitrogen and oxygen atoms in total. The fourth-order valence-electron chi connectivity index (χ4n) is 2.79. The Hall–Kier alpha value is -1.84. The van der Waals surface area contributed by atoms with Crippen LogP contribution < -0.4 is 4.74 Å². The van der Waals surface area contributed by atoms with Gasteiger partial charge in [-0.25, -0.2) is 0 Å². The second kappa shape index (κ2) is 6.29. The first-order valence-corrected chi connectivity index (χ1v) is 7.40. The predicted molar refractivity (Wildman–Crippen MR) is 81.4 cm³/mol. The summed E-state index contributed by atoms with van der Waals surface area (Å²) in [5.41, 5.74) is 3.20. The zero-order chi connectivity index (χ0) is 14.7. The van der Waals surface area contributed by atoms with Crippen LogP contribution in [0.15, 0.2) is 48.5 Å². The lowest BCUT2D eigenvalue weighted by Crippen LogP contribution is -2.22. The molecule has 1 heterocycles. The zero-order valence-corrected chi connectivity index (χ0v) is 12.2. The Morgan fingerprint density at radius 3 is 2.71 bits per heavy atom. The van der Waals surface area contributed by atoms with Crippen molar-refractivity contribution in [3.05, 3.63) is 65.2 Å². The largest absolute Gasteiger partial charge is 0.494 e. The number of hydrogen-bond acceptors (Lipinski definition) is 3. The average molecular weight is 284 g/mol. The molecule has 0 saturated carbocycles. The van der Waals surface area contributed by atoms with E-state index >= 15 is 0 Å². The van der Waals surface area contributed by atoms with Crippen LogP contribution in [0.1, 0.15) is 35.8 Å². The van der Waals surface area contributed by atoms with Crippen molar-refractivity contribution in [2.45, 2.75) is 25.6 Å². The van der Waals surface area contributed by atoms with Gasteiger partial charge in [-0.15, -0.1) is 0 Å². The number of fused-ring (bicyclic) bond motifs is 1. The van der Waals surface area contributed by atoms with Gasteiger partial charge >= 0.3 is 0 Å². The molecule has 2 aromatic rings. The molecule has 1 aliphatic rings. The topological polar surface area (TPSA) is 38.7 Å². The third-order valence-electron chi connectivity index (χ3n) is 3.85. The van der Waals surface area contributed by atoms with Crippen molar-refractivity contribution >= 4 is 0 Å². The molecule has 21 heavy (non-hydrogen) atoms. The zero-order valence-electron chi connectivity index (χ0n) is 12.2. The highest BCUT2D eigenvalue weighted by Crippen LogP contribution is 2.37. The summed E-state index contributed by atoms with van der Waals surface area (Å²) in [6, 6.07) is 15.7. The molecule has 110 valence electrons. The van der Waals surface area contributed by atoms with Crippen LogP contribution in [0.4, 0.5) is 0 Å². The molecule has 0 aliphatic carbocycles. The molecule has 3 heteroatoms. The van der Waals surface area contributed by atoms with E-state index < -0.39 is 6.10 Å². The highest BCUT2D eigenvalue weighted by molar-refractivity contribution is 5.35. The molecule has 2 unspecified atom stereocenters. The first kappa shape index (κ1) is 14.1. The Morgan fingerprint density at radius 1 is 1.19 bits per heavy atom. The minimum Gasteiger partial charge on any atom is -0.494 e. The summed E-state index contributed by atoms with van der Waals surface area (Å²) in [6.45, 7) is 3.24. The summed E-state index contributed by atoms with van der Waals surface area (Å²) >= 11 is 0. The molecule has 0 spiro atoms. The minimum absolute atomic E-state index is 0.298. The van der Waals surface area contributed by atoms with E-state index in [1.807, 2.05) is 49.4 Å². The Morgan fingerprint density at radius 2 is 1.95 bits per heavy atom. The van der Waals surface area contributed by atoms with Gasteiger partial charge in [-0.05, 0) is 42.2 Å². The van der Waals surface area contributed by atoms with E-state index in [9.17, 15) is 5.11 Å². The molecule has 3 rings (SSSR count). The number of aliphatic hydroxyl groups is 1. The molecule has 0 radical (unpaired) electrons. The van der Waals surface area contributed by atoms with Crippen molar-refractivity contribution in [2.24, 2.45) is 0 Å². The van der Waals surface area contributed by atoms with Gasteiger partial charge in [0, 0.05) is 0 Å². The molecule has 0 saturated heterocycles. The van der Waals surface area contributed by atoms with Crippen molar-refractivity contribution in [2.75, 3.05) is 13.2 Å². The fraction of sp³-hybridized carbons (Fsp3) is 0.333. The Kier molecular flexibility index (Phi) is 4.23. The highest BCUT2D eigenvalue weighted by atomic mass is 16.5. The Bertz CT molecular complexity index is 592. The standard InChI is InChI=1S/C18H20O3/c1-2-20-15-9-7-14(8-10-15)17(19)18-16-6-4-3-5-13(16)11-12-21-18/h3-10,17-19H,2,11-12H2,1H3. The number of hydrogen-bond donors (Lipinski definition) is 1. The smallest absolute Gasteiger partial charge is 0.119 e. The molecule has 0 aromatic heterocycles. The van der Waals surface area contributed by atoms with Gasteiger partial charge < -0.3 is 14.6 Å². The monoisotopic (exact) mass is 284 g/mol. The van der Waals surface area contributed by atoms with Crippen LogP contribution in [0.25, 0.3) is 0 Å². The molecule has 1 aliphatic heterocycles.